The van der Waals surface area contributed by atoms with Gasteiger partial charge in [0.2, 0.25) is 0 Å². The van der Waals surface area contributed by atoms with Crippen molar-refractivity contribution in [1.82, 2.24) is 4.98 Å². The normalized spacial score (nSPS) is 9.67. The Morgan fingerprint density at radius 2 is 2.27 bits per heavy atom. The van der Waals surface area contributed by atoms with E-state index in [-0.39, 0.29) is 22.4 Å². The number of carbonyl (C=O) groups excluding carboxylic acids is 2. The molecule has 0 spiro atoms. The van der Waals surface area contributed by atoms with E-state index in [9.17, 15) is 9.59 Å². The molecule has 0 bridgehead atoms. The topological polar surface area (TPSA) is 120 Å². The number of nitrogens with two attached hydrogens (primary N) is 2. The Bertz CT molecular complexity index is 390. The Hall–Kier alpha value is -1.83. The predicted molar refractivity (Wildman–Crippen MR) is 55.7 cm³/mol. The summed E-state index contributed by atoms with van der Waals surface area (Å²) in [6.45, 7) is 1.92. The lowest BCUT2D eigenvalue weighted by atomic mass is 10.5. The van der Waals surface area contributed by atoms with Gasteiger partial charge in [0.1, 0.15) is 10.7 Å². The number of anilines is 2. The van der Waals surface area contributed by atoms with Crippen LogP contribution in [0.5, 0.6) is 0 Å². The van der Waals surface area contributed by atoms with Crippen LogP contribution in [0, 0.1) is 0 Å². The van der Waals surface area contributed by atoms with Crippen molar-refractivity contribution in [3.05, 3.63) is 4.88 Å². The van der Waals surface area contributed by atoms with Crippen molar-refractivity contribution < 1.29 is 14.3 Å². The van der Waals surface area contributed by atoms with Crippen LogP contribution in [0.2, 0.25) is 0 Å². The van der Waals surface area contributed by atoms with Crippen LogP contribution in [-0.4, -0.2) is 23.6 Å². The van der Waals surface area contributed by atoms with Crippen LogP contribution in [-0.2, 0) is 4.74 Å². The zero-order valence-corrected chi connectivity index (χ0v) is 8.76. The Labute approximate surface area is 89.4 Å². The average Bonchev–Trinajstić information content (AvgIpc) is 2.47. The van der Waals surface area contributed by atoms with Gasteiger partial charge in [-0.05, 0) is 6.92 Å². The fraction of sp³-hybridized carbons (Fsp3) is 0.286. The molecule has 0 unspecified atom stereocenters. The third-order valence-electron chi connectivity index (χ3n) is 1.36. The van der Waals surface area contributed by atoms with Gasteiger partial charge in [0, 0.05) is 0 Å². The number of rotatable bonds is 3. The molecule has 1 aromatic rings. The highest BCUT2D eigenvalue weighted by Gasteiger charge is 2.14. The maximum Gasteiger partial charge on any atom is 0.413 e. The van der Waals surface area contributed by atoms with E-state index in [0.29, 0.717) is 0 Å². The number of ether oxygens (including phenoxy) is 1. The fourth-order valence-corrected chi connectivity index (χ4v) is 1.54. The summed E-state index contributed by atoms with van der Waals surface area (Å²) >= 11 is 0.899. The van der Waals surface area contributed by atoms with Gasteiger partial charge in [-0.3, -0.25) is 10.1 Å². The first-order chi connectivity index (χ1) is 7.04. The highest BCUT2D eigenvalue weighted by Crippen LogP contribution is 2.24. The average molecular weight is 230 g/mol. The summed E-state index contributed by atoms with van der Waals surface area (Å²) in [5.74, 6) is -0.679. The minimum atomic E-state index is -0.679. The SMILES string of the molecule is CCOC(=O)Nc1nc(N)c(C(N)=O)s1. The maximum absolute atomic E-state index is 11.0. The lowest BCUT2D eigenvalue weighted by molar-refractivity contribution is 0.100. The summed E-state index contributed by atoms with van der Waals surface area (Å²) in [7, 11) is 0. The zero-order chi connectivity index (χ0) is 11.4. The Morgan fingerprint density at radius 1 is 1.60 bits per heavy atom. The Kier molecular flexibility index (Phi) is 3.45. The van der Waals surface area contributed by atoms with Gasteiger partial charge in [-0.15, -0.1) is 0 Å². The van der Waals surface area contributed by atoms with E-state index in [1.165, 1.54) is 0 Å². The molecule has 0 aliphatic heterocycles. The Balaban J connectivity index is 2.75. The van der Waals surface area contributed by atoms with Gasteiger partial charge in [0.05, 0.1) is 6.61 Å². The molecule has 8 heteroatoms. The van der Waals surface area contributed by atoms with Crippen LogP contribution in [0.1, 0.15) is 16.6 Å². The number of nitrogens with one attached hydrogen (secondary N) is 1. The first-order valence-electron chi connectivity index (χ1n) is 4.04. The second-order valence-corrected chi connectivity index (χ2v) is 3.44. The molecular formula is C7H10N4O3S. The lowest BCUT2D eigenvalue weighted by Crippen LogP contribution is -2.12. The highest BCUT2D eigenvalue weighted by atomic mass is 32.1. The number of nitrogens with zero attached hydrogens (tertiary/aromatic N) is 1. The smallest absolute Gasteiger partial charge is 0.413 e. The van der Waals surface area contributed by atoms with Crippen molar-refractivity contribution >= 4 is 34.3 Å². The molecule has 0 fully saturated rings. The first-order valence-corrected chi connectivity index (χ1v) is 4.86. The van der Waals surface area contributed by atoms with E-state index >= 15 is 0 Å². The van der Waals surface area contributed by atoms with E-state index in [4.69, 9.17) is 11.5 Å². The van der Waals surface area contributed by atoms with Crippen molar-refractivity contribution in [3.8, 4) is 0 Å². The van der Waals surface area contributed by atoms with Gasteiger partial charge in [0.15, 0.2) is 5.13 Å². The number of aromatic nitrogens is 1. The molecular weight excluding hydrogens is 220 g/mol. The van der Waals surface area contributed by atoms with Crippen molar-refractivity contribution in [2.45, 2.75) is 6.92 Å². The molecule has 0 atom stereocenters. The van der Waals surface area contributed by atoms with Gasteiger partial charge in [0.25, 0.3) is 5.91 Å². The van der Waals surface area contributed by atoms with Crippen LogP contribution in [0.15, 0.2) is 0 Å². The molecule has 7 nitrogen and oxygen atoms in total. The second kappa shape index (κ2) is 4.60. The Morgan fingerprint density at radius 3 is 2.73 bits per heavy atom. The molecule has 0 saturated carbocycles. The van der Waals surface area contributed by atoms with E-state index in [1.807, 2.05) is 0 Å². The summed E-state index contributed by atoms with van der Waals surface area (Å²) in [5, 5.41) is 2.50. The van der Waals surface area contributed by atoms with Crippen LogP contribution < -0.4 is 16.8 Å². The van der Waals surface area contributed by atoms with Gasteiger partial charge >= 0.3 is 6.09 Å². The molecule has 82 valence electrons. The van der Waals surface area contributed by atoms with Gasteiger partial charge < -0.3 is 16.2 Å². The second-order valence-electron chi connectivity index (χ2n) is 2.44. The third kappa shape index (κ3) is 2.81. The molecule has 2 amide bonds. The lowest BCUT2D eigenvalue weighted by Gasteiger charge is -1.99. The quantitative estimate of drug-likeness (QED) is 0.693. The maximum atomic E-state index is 11.0. The molecule has 0 aromatic carbocycles. The summed E-state index contributed by atoms with van der Waals surface area (Å²) in [6, 6.07) is 0. The number of hydrogen-bond acceptors (Lipinski definition) is 6. The van der Waals surface area contributed by atoms with Crippen LogP contribution >= 0.6 is 11.3 Å². The number of amides is 2. The van der Waals surface area contributed by atoms with E-state index in [0.717, 1.165) is 11.3 Å². The number of nitrogen functional groups attached to an aromatic ring is 1. The number of carbonyl (C=O) groups is 2. The molecule has 1 aromatic heterocycles. The molecule has 15 heavy (non-hydrogen) atoms. The highest BCUT2D eigenvalue weighted by molar-refractivity contribution is 7.18. The monoisotopic (exact) mass is 230 g/mol. The first kappa shape index (κ1) is 11.2. The van der Waals surface area contributed by atoms with E-state index < -0.39 is 12.0 Å². The number of primary amides is 1. The van der Waals surface area contributed by atoms with Crippen molar-refractivity contribution in [1.29, 1.82) is 0 Å². The third-order valence-corrected chi connectivity index (χ3v) is 2.36. The molecule has 0 saturated heterocycles. The standard InChI is InChI=1S/C7H10N4O3S/c1-2-14-7(13)11-6-10-4(8)3(15-6)5(9)12/h2,8H2,1H3,(H2,9,12)(H,10,11,13). The molecule has 1 heterocycles. The summed E-state index contributed by atoms with van der Waals surface area (Å²) < 4.78 is 4.62. The van der Waals surface area contributed by atoms with Crippen LogP contribution in [0.3, 0.4) is 0 Å². The minimum absolute atomic E-state index is 0.000650. The van der Waals surface area contributed by atoms with E-state index in [1.54, 1.807) is 6.92 Å². The summed E-state index contributed by atoms with van der Waals surface area (Å²) in [5.41, 5.74) is 10.4. The molecule has 0 aliphatic rings. The summed E-state index contributed by atoms with van der Waals surface area (Å²) in [6.07, 6.45) is -0.651. The predicted octanol–water partition coefficient (Wildman–Crippen LogP) is 0.393. The van der Waals surface area contributed by atoms with Crippen molar-refractivity contribution in [2.24, 2.45) is 5.73 Å². The van der Waals surface area contributed by atoms with Crippen molar-refractivity contribution in [3.63, 3.8) is 0 Å². The molecule has 5 N–H and O–H groups in total. The molecule has 0 aliphatic carbocycles. The minimum Gasteiger partial charge on any atom is -0.450 e. The number of hydrogen-bond donors (Lipinski definition) is 3. The zero-order valence-electron chi connectivity index (χ0n) is 7.94. The molecule has 0 radical (unpaired) electrons. The van der Waals surface area contributed by atoms with Crippen LogP contribution in [0.4, 0.5) is 15.7 Å². The van der Waals surface area contributed by atoms with Crippen molar-refractivity contribution in [2.75, 3.05) is 17.7 Å². The number of thiazole rings is 1. The van der Waals surface area contributed by atoms with Crippen LogP contribution in [0.25, 0.3) is 0 Å². The largest absolute Gasteiger partial charge is 0.450 e. The van der Waals surface area contributed by atoms with Gasteiger partial charge in [-0.1, -0.05) is 11.3 Å². The fourth-order valence-electron chi connectivity index (χ4n) is 0.816. The van der Waals surface area contributed by atoms with Gasteiger partial charge in [-0.25, -0.2) is 9.78 Å². The van der Waals surface area contributed by atoms with Gasteiger partial charge in [-0.2, -0.15) is 0 Å². The summed E-state index contributed by atoms with van der Waals surface area (Å²) in [4.78, 5) is 25.6. The van der Waals surface area contributed by atoms with E-state index in [2.05, 4.69) is 15.0 Å². The molecule has 1 rings (SSSR count).